The second-order valence-electron chi connectivity index (χ2n) is 6.54. The van der Waals surface area contributed by atoms with Crippen LogP contribution in [0.5, 0.6) is 0 Å². The van der Waals surface area contributed by atoms with Gasteiger partial charge in [0.1, 0.15) is 4.34 Å². The van der Waals surface area contributed by atoms with Gasteiger partial charge in [0.05, 0.1) is 16.1 Å². The molecule has 1 aliphatic rings. The fourth-order valence-electron chi connectivity index (χ4n) is 3.31. The number of fused-ring (bicyclic) bond motifs is 2. The van der Waals surface area contributed by atoms with Gasteiger partial charge in [-0.2, -0.15) is 0 Å². The molecule has 0 saturated carbocycles. The van der Waals surface area contributed by atoms with E-state index >= 15 is 0 Å². The fourth-order valence-corrected chi connectivity index (χ4v) is 5.74. The summed E-state index contributed by atoms with van der Waals surface area (Å²) in [6.45, 7) is 6.64. The maximum Gasteiger partial charge on any atom is 0.257 e. The van der Waals surface area contributed by atoms with Gasteiger partial charge in [-0.05, 0) is 55.4 Å². The molecule has 0 radical (unpaired) electrons. The summed E-state index contributed by atoms with van der Waals surface area (Å²) in [6, 6.07) is 2.23. The van der Waals surface area contributed by atoms with Crippen LogP contribution in [-0.2, 0) is 12.8 Å². The van der Waals surface area contributed by atoms with Crippen molar-refractivity contribution in [1.29, 1.82) is 0 Å². The summed E-state index contributed by atoms with van der Waals surface area (Å²) in [4.78, 5) is 14.8. The molecule has 1 aromatic heterocycles. The molecule has 134 valence electrons. The highest BCUT2D eigenvalue weighted by molar-refractivity contribution is 8.00. The Hall–Kier alpha value is -0.970. The van der Waals surface area contributed by atoms with Crippen LogP contribution >= 0.6 is 34.7 Å². The Bertz CT molecular complexity index is 797. The molecular formula is C20H24ClNOS2. The molecule has 0 unspecified atom stereocenters. The number of halogens is 1. The highest BCUT2D eigenvalue weighted by Crippen LogP contribution is 2.47. The van der Waals surface area contributed by atoms with E-state index in [4.69, 9.17) is 11.6 Å². The smallest absolute Gasteiger partial charge is 0.257 e. The number of aryl methyl sites for hydroxylation is 1. The van der Waals surface area contributed by atoms with Gasteiger partial charge in [0.15, 0.2) is 0 Å². The lowest BCUT2D eigenvalue weighted by Gasteiger charge is -2.20. The molecule has 1 N–H and O–H groups in total. The van der Waals surface area contributed by atoms with Crippen molar-refractivity contribution in [3.8, 4) is 0 Å². The zero-order valence-corrected chi connectivity index (χ0v) is 17.4. The predicted molar refractivity (Wildman–Crippen MR) is 110 cm³/mol. The molecule has 0 saturated heterocycles. The van der Waals surface area contributed by atoms with Gasteiger partial charge in [-0.1, -0.05) is 50.1 Å². The van der Waals surface area contributed by atoms with Crippen molar-refractivity contribution >= 4 is 46.3 Å². The first-order valence-corrected chi connectivity index (χ1v) is 11.1. The molecule has 3 rings (SSSR count). The molecule has 0 bridgehead atoms. The number of hydrogen-bond acceptors (Lipinski definition) is 3. The van der Waals surface area contributed by atoms with Crippen molar-refractivity contribution < 1.29 is 4.79 Å². The predicted octanol–water partition coefficient (Wildman–Crippen LogP) is 7.11. The third-order valence-electron chi connectivity index (χ3n) is 4.70. The molecule has 25 heavy (non-hydrogen) atoms. The van der Waals surface area contributed by atoms with Crippen LogP contribution in [0.1, 0.15) is 66.6 Å². The number of carbonyl (C=O) groups excluding carboxylic acids is 1. The highest BCUT2D eigenvalue weighted by atomic mass is 35.5. The van der Waals surface area contributed by atoms with Crippen LogP contribution in [0, 0.1) is 6.92 Å². The number of nitrogens with one attached hydrogen (secondary N) is 1. The monoisotopic (exact) mass is 393 g/mol. The molecule has 0 atom stereocenters. The molecule has 1 aromatic carbocycles. The minimum Gasteiger partial charge on any atom is -0.321 e. The summed E-state index contributed by atoms with van der Waals surface area (Å²) < 4.78 is 0.700. The summed E-state index contributed by atoms with van der Waals surface area (Å²) in [5, 5.41) is 5.07. The SMILES string of the molecule is CCCCc1c(C)cc2c(c1CCCC)NC(=O)c1csc(Cl)c1S2. The first-order chi connectivity index (χ1) is 12.1. The maximum absolute atomic E-state index is 12.7. The second kappa shape index (κ2) is 8.15. The summed E-state index contributed by atoms with van der Waals surface area (Å²) in [6.07, 6.45) is 6.74. The normalized spacial score (nSPS) is 13.2. The molecule has 0 aliphatic carbocycles. The number of rotatable bonds is 6. The van der Waals surface area contributed by atoms with Crippen molar-refractivity contribution in [2.45, 2.75) is 69.1 Å². The van der Waals surface area contributed by atoms with Crippen LogP contribution in [0.3, 0.4) is 0 Å². The van der Waals surface area contributed by atoms with Gasteiger partial charge in [-0.3, -0.25) is 4.79 Å². The molecule has 0 fully saturated rings. The number of thiophene rings is 1. The van der Waals surface area contributed by atoms with Gasteiger partial charge < -0.3 is 5.32 Å². The van der Waals surface area contributed by atoms with E-state index in [1.165, 1.54) is 40.9 Å². The maximum atomic E-state index is 12.7. The second-order valence-corrected chi connectivity index (χ2v) is 9.07. The third kappa shape index (κ3) is 3.76. The molecule has 2 heterocycles. The van der Waals surface area contributed by atoms with E-state index < -0.39 is 0 Å². The molecule has 5 heteroatoms. The zero-order valence-electron chi connectivity index (χ0n) is 15.0. The van der Waals surface area contributed by atoms with Gasteiger partial charge >= 0.3 is 0 Å². The summed E-state index contributed by atoms with van der Waals surface area (Å²) >= 11 is 9.40. The van der Waals surface area contributed by atoms with Crippen LogP contribution in [0.25, 0.3) is 0 Å². The van der Waals surface area contributed by atoms with E-state index in [0.29, 0.717) is 9.90 Å². The molecule has 2 aromatic rings. The van der Waals surface area contributed by atoms with Crippen LogP contribution < -0.4 is 5.32 Å². The van der Waals surface area contributed by atoms with Gasteiger partial charge in [-0.15, -0.1) is 11.3 Å². The third-order valence-corrected chi connectivity index (χ3v) is 7.33. The van der Waals surface area contributed by atoms with E-state index in [1.807, 2.05) is 5.38 Å². The van der Waals surface area contributed by atoms with Crippen LogP contribution in [-0.4, -0.2) is 5.91 Å². The Kier molecular flexibility index (Phi) is 6.13. The molecule has 1 aliphatic heterocycles. The first kappa shape index (κ1) is 18.8. The van der Waals surface area contributed by atoms with Crippen molar-refractivity contribution in [3.63, 3.8) is 0 Å². The lowest BCUT2D eigenvalue weighted by atomic mass is 9.92. The minimum atomic E-state index is -0.0348. The molecule has 0 spiro atoms. The number of anilines is 1. The Labute approximate surface area is 163 Å². The van der Waals surface area contributed by atoms with E-state index in [2.05, 4.69) is 32.2 Å². The lowest BCUT2D eigenvalue weighted by molar-refractivity contribution is 0.102. The molecule has 1 amide bonds. The molecular weight excluding hydrogens is 370 g/mol. The van der Waals surface area contributed by atoms with Gasteiger partial charge in [0.2, 0.25) is 0 Å². The lowest BCUT2D eigenvalue weighted by Crippen LogP contribution is -2.14. The Balaban J connectivity index is 2.12. The first-order valence-electron chi connectivity index (χ1n) is 8.98. The number of carbonyl (C=O) groups is 1. The summed E-state index contributed by atoms with van der Waals surface area (Å²) in [5.41, 5.74) is 5.79. The quantitative estimate of drug-likeness (QED) is 0.566. The fraction of sp³-hybridized carbons (Fsp3) is 0.450. The minimum absolute atomic E-state index is 0.0348. The zero-order chi connectivity index (χ0) is 18.0. The average molecular weight is 394 g/mol. The highest BCUT2D eigenvalue weighted by Gasteiger charge is 2.27. The van der Waals surface area contributed by atoms with Crippen molar-refractivity contribution in [3.05, 3.63) is 38.0 Å². The Morgan fingerprint density at radius 1 is 1.12 bits per heavy atom. The Morgan fingerprint density at radius 3 is 2.48 bits per heavy atom. The van der Waals surface area contributed by atoms with Crippen LogP contribution in [0.2, 0.25) is 4.34 Å². The van der Waals surface area contributed by atoms with Gasteiger partial charge in [0.25, 0.3) is 5.91 Å². The van der Waals surface area contributed by atoms with Crippen LogP contribution in [0.4, 0.5) is 5.69 Å². The largest absolute Gasteiger partial charge is 0.321 e. The van der Waals surface area contributed by atoms with Crippen molar-refractivity contribution in [2.75, 3.05) is 5.32 Å². The van der Waals surface area contributed by atoms with E-state index in [9.17, 15) is 4.79 Å². The van der Waals surface area contributed by atoms with E-state index in [1.54, 1.807) is 11.8 Å². The molecule has 2 nitrogen and oxygen atoms in total. The number of hydrogen-bond donors (Lipinski definition) is 1. The number of unbranched alkanes of at least 4 members (excludes halogenated alkanes) is 2. The van der Waals surface area contributed by atoms with Gasteiger partial charge in [0, 0.05) is 10.3 Å². The van der Waals surface area contributed by atoms with E-state index in [-0.39, 0.29) is 5.91 Å². The van der Waals surface area contributed by atoms with Crippen LogP contribution in [0.15, 0.2) is 21.2 Å². The van der Waals surface area contributed by atoms with Gasteiger partial charge in [-0.25, -0.2) is 0 Å². The standard InChI is InChI=1S/C20H24ClNOS2/c1-4-6-8-13-12(3)10-16-17(14(13)9-7-5-2)22-20(23)15-11-24-19(21)18(15)25-16/h10-11H,4-9H2,1-3H3,(H,22,23). The topological polar surface area (TPSA) is 29.1 Å². The summed E-state index contributed by atoms with van der Waals surface area (Å²) in [7, 11) is 0. The number of benzene rings is 1. The van der Waals surface area contributed by atoms with E-state index in [0.717, 1.165) is 41.2 Å². The average Bonchev–Trinajstić information content (AvgIpc) is 2.88. The Morgan fingerprint density at radius 2 is 1.80 bits per heavy atom. The van der Waals surface area contributed by atoms with Crippen molar-refractivity contribution in [1.82, 2.24) is 0 Å². The van der Waals surface area contributed by atoms with Crippen molar-refractivity contribution in [2.24, 2.45) is 0 Å². The number of amides is 1. The summed E-state index contributed by atoms with van der Waals surface area (Å²) in [5.74, 6) is -0.0348.